The fourth-order valence-electron chi connectivity index (χ4n) is 2.26. The summed E-state index contributed by atoms with van der Waals surface area (Å²) in [6, 6.07) is 5.68. The van der Waals surface area contributed by atoms with Crippen molar-refractivity contribution in [2.75, 3.05) is 17.2 Å². The fourth-order valence-corrected chi connectivity index (χ4v) is 2.69. The summed E-state index contributed by atoms with van der Waals surface area (Å²) in [5.41, 5.74) is 9.07. The number of nitrogen functional groups attached to an aromatic ring is 1. The first-order valence-electron chi connectivity index (χ1n) is 5.73. The van der Waals surface area contributed by atoms with Gasteiger partial charge in [-0.15, -0.1) is 17.5 Å². The van der Waals surface area contributed by atoms with Crippen LogP contribution in [0.5, 0.6) is 0 Å². The van der Waals surface area contributed by atoms with Crippen molar-refractivity contribution in [3.8, 4) is 0 Å². The van der Waals surface area contributed by atoms with Crippen LogP contribution in [0.2, 0.25) is 0 Å². The summed E-state index contributed by atoms with van der Waals surface area (Å²) in [6.45, 7) is 0.701. The molecule has 0 bridgehead atoms. The Morgan fingerprint density at radius 2 is 2.26 bits per heavy atom. The third-order valence-electron chi connectivity index (χ3n) is 3.11. The number of rotatable bonds is 1. The van der Waals surface area contributed by atoms with Crippen molar-refractivity contribution in [1.82, 2.24) is 9.59 Å². The second-order valence-electron chi connectivity index (χ2n) is 4.20. The van der Waals surface area contributed by atoms with E-state index in [-0.39, 0.29) is 18.3 Å². The van der Waals surface area contributed by atoms with E-state index in [1.165, 1.54) is 11.5 Å². The van der Waals surface area contributed by atoms with Crippen molar-refractivity contribution in [1.29, 1.82) is 0 Å². The monoisotopic (exact) mass is 296 g/mol. The minimum Gasteiger partial charge on any atom is -0.398 e. The molecule has 7 heteroatoms. The molecular formula is C12H13ClN4OS. The molecule has 2 heterocycles. The van der Waals surface area contributed by atoms with Crippen LogP contribution in [-0.2, 0) is 6.42 Å². The van der Waals surface area contributed by atoms with E-state index >= 15 is 0 Å². The van der Waals surface area contributed by atoms with Gasteiger partial charge in [0.05, 0.1) is 0 Å². The van der Waals surface area contributed by atoms with Crippen LogP contribution in [0.1, 0.15) is 22.5 Å². The lowest BCUT2D eigenvalue weighted by molar-refractivity contribution is 0.0980. The van der Waals surface area contributed by atoms with Crippen LogP contribution >= 0.6 is 23.9 Å². The molecule has 3 rings (SSSR count). The largest absolute Gasteiger partial charge is 0.398 e. The molecule has 2 N–H and O–H groups in total. The quantitative estimate of drug-likeness (QED) is 0.818. The molecule has 0 aliphatic carbocycles. The van der Waals surface area contributed by atoms with Gasteiger partial charge in [-0.05, 0) is 42.1 Å². The predicted octanol–water partition coefficient (Wildman–Crippen LogP) is 2.14. The molecule has 0 spiro atoms. The number of amides is 1. The number of nitrogens with zero attached hydrogens (tertiary/aromatic N) is 3. The lowest BCUT2D eigenvalue weighted by Crippen LogP contribution is -2.36. The van der Waals surface area contributed by atoms with Gasteiger partial charge in [-0.1, -0.05) is 10.6 Å². The summed E-state index contributed by atoms with van der Waals surface area (Å²) in [5, 5.41) is 5.50. The lowest BCUT2D eigenvalue weighted by atomic mass is 9.99. The van der Waals surface area contributed by atoms with E-state index in [0.29, 0.717) is 12.2 Å². The topological polar surface area (TPSA) is 72.1 Å². The Labute approximate surface area is 121 Å². The van der Waals surface area contributed by atoms with E-state index < -0.39 is 0 Å². The standard InChI is InChI=1S/C12H12N4OS.ClH/c13-9-4-1-5-11-8(9)3-2-6-16(11)12(17)10-7-18-15-14-10;/h1,4-5,7H,2-3,6,13H2;1H. The van der Waals surface area contributed by atoms with Crippen molar-refractivity contribution >= 4 is 41.2 Å². The van der Waals surface area contributed by atoms with Crippen LogP contribution in [0.4, 0.5) is 11.4 Å². The van der Waals surface area contributed by atoms with Gasteiger partial charge < -0.3 is 10.6 Å². The summed E-state index contributed by atoms with van der Waals surface area (Å²) in [5.74, 6) is -0.102. The number of benzene rings is 1. The molecule has 0 saturated heterocycles. The van der Waals surface area contributed by atoms with Crippen LogP contribution in [-0.4, -0.2) is 22.0 Å². The van der Waals surface area contributed by atoms with E-state index in [1.807, 2.05) is 18.2 Å². The minimum atomic E-state index is -0.102. The first kappa shape index (κ1) is 13.8. The molecule has 0 unspecified atom stereocenters. The molecule has 0 fully saturated rings. The van der Waals surface area contributed by atoms with Crippen molar-refractivity contribution in [3.63, 3.8) is 0 Å². The third-order valence-corrected chi connectivity index (χ3v) is 3.62. The van der Waals surface area contributed by atoms with Gasteiger partial charge in [0.25, 0.3) is 5.91 Å². The minimum absolute atomic E-state index is 0. The third kappa shape index (κ3) is 2.41. The van der Waals surface area contributed by atoms with Crippen molar-refractivity contribution in [3.05, 3.63) is 34.8 Å². The van der Waals surface area contributed by atoms with E-state index in [0.717, 1.165) is 29.8 Å². The first-order chi connectivity index (χ1) is 8.77. The molecule has 5 nitrogen and oxygen atoms in total. The molecule has 1 aromatic heterocycles. The Hall–Kier alpha value is -1.66. The molecule has 1 aliphatic heterocycles. The highest BCUT2D eigenvalue weighted by Crippen LogP contribution is 2.31. The van der Waals surface area contributed by atoms with Crippen LogP contribution in [0, 0.1) is 0 Å². The molecular weight excluding hydrogens is 284 g/mol. The first-order valence-corrected chi connectivity index (χ1v) is 6.57. The van der Waals surface area contributed by atoms with Crippen molar-refractivity contribution in [2.24, 2.45) is 0 Å². The second kappa shape index (κ2) is 5.54. The number of anilines is 2. The number of hydrogen-bond acceptors (Lipinski definition) is 5. The number of fused-ring (bicyclic) bond motifs is 1. The Morgan fingerprint density at radius 1 is 1.42 bits per heavy atom. The molecule has 1 aromatic carbocycles. The average Bonchev–Trinajstić information content (AvgIpc) is 2.92. The zero-order valence-electron chi connectivity index (χ0n) is 10.1. The van der Waals surface area contributed by atoms with Gasteiger partial charge in [-0.25, -0.2) is 0 Å². The average molecular weight is 297 g/mol. The number of hydrogen-bond donors (Lipinski definition) is 1. The van der Waals surface area contributed by atoms with Gasteiger partial charge in [0.2, 0.25) is 0 Å². The summed E-state index contributed by atoms with van der Waals surface area (Å²) >= 11 is 1.18. The molecule has 100 valence electrons. The Morgan fingerprint density at radius 3 is 3.00 bits per heavy atom. The maximum absolute atomic E-state index is 12.3. The Bertz CT molecular complexity index is 587. The van der Waals surface area contributed by atoms with Gasteiger partial charge in [-0.2, -0.15) is 0 Å². The van der Waals surface area contributed by atoms with E-state index in [9.17, 15) is 4.79 Å². The highest BCUT2D eigenvalue weighted by molar-refractivity contribution is 7.03. The van der Waals surface area contributed by atoms with Gasteiger partial charge >= 0.3 is 0 Å². The summed E-state index contributed by atoms with van der Waals surface area (Å²) in [6.07, 6.45) is 1.84. The van der Waals surface area contributed by atoms with E-state index in [2.05, 4.69) is 9.59 Å². The molecule has 0 saturated carbocycles. The van der Waals surface area contributed by atoms with E-state index in [4.69, 9.17) is 5.73 Å². The zero-order chi connectivity index (χ0) is 12.5. The molecule has 0 radical (unpaired) electrons. The molecule has 2 aromatic rings. The van der Waals surface area contributed by atoms with Crippen LogP contribution < -0.4 is 10.6 Å². The normalized spacial score (nSPS) is 13.6. The highest BCUT2D eigenvalue weighted by Gasteiger charge is 2.25. The fraction of sp³-hybridized carbons (Fsp3) is 0.250. The maximum Gasteiger partial charge on any atom is 0.279 e. The van der Waals surface area contributed by atoms with Crippen molar-refractivity contribution < 1.29 is 4.79 Å². The smallest absolute Gasteiger partial charge is 0.279 e. The molecule has 19 heavy (non-hydrogen) atoms. The SMILES string of the molecule is Cl.Nc1cccc2c1CCCN2C(=O)c1csnn1. The van der Waals surface area contributed by atoms with Crippen LogP contribution in [0.25, 0.3) is 0 Å². The van der Waals surface area contributed by atoms with Gasteiger partial charge in [0.15, 0.2) is 5.69 Å². The summed E-state index contributed by atoms with van der Waals surface area (Å²) < 4.78 is 3.73. The number of nitrogens with two attached hydrogens (primary N) is 1. The van der Waals surface area contributed by atoms with Crippen LogP contribution in [0.3, 0.4) is 0 Å². The number of aromatic nitrogens is 2. The Balaban J connectivity index is 0.00000133. The molecule has 1 amide bonds. The van der Waals surface area contributed by atoms with Crippen molar-refractivity contribution in [2.45, 2.75) is 12.8 Å². The second-order valence-corrected chi connectivity index (χ2v) is 4.81. The lowest BCUT2D eigenvalue weighted by Gasteiger charge is -2.29. The number of carbonyl (C=O) groups excluding carboxylic acids is 1. The van der Waals surface area contributed by atoms with Crippen LogP contribution in [0.15, 0.2) is 23.6 Å². The summed E-state index contributed by atoms with van der Waals surface area (Å²) in [4.78, 5) is 14.1. The van der Waals surface area contributed by atoms with Gasteiger partial charge in [-0.3, -0.25) is 4.79 Å². The maximum atomic E-state index is 12.3. The van der Waals surface area contributed by atoms with Gasteiger partial charge in [0, 0.05) is 23.3 Å². The Kier molecular flexibility index (Phi) is 4.01. The predicted molar refractivity (Wildman–Crippen MR) is 78.0 cm³/mol. The van der Waals surface area contributed by atoms with E-state index in [1.54, 1.807) is 10.3 Å². The van der Waals surface area contributed by atoms with Gasteiger partial charge in [0.1, 0.15) is 0 Å². The summed E-state index contributed by atoms with van der Waals surface area (Å²) in [7, 11) is 0. The molecule has 1 aliphatic rings. The highest BCUT2D eigenvalue weighted by atomic mass is 35.5. The zero-order valence-corrected chi connectivity index (χ0v) is 11.7. The number of carbonyl (C=O) groups is 1. The molecule has 0 atom stereocenters. The number of halogens is 1.